The molecule has 0 aromatic heterocycles. The average Bonchev–Trinajstić information content (AvgIpc) is 2.86. The molecular weight excluding hydrogens is 324 g/mol. The van der Waals surface area contributed by atoms with E-state index in [2.05, 4.69) is 0 Å². The molecule has 2 nitrogen and oxygen atoms in total. The first kappa shape index (κ1) is 15.4. The summed E-state index contributed by atoms with van der Waals surface area (Å²) in [5.41, 5.74) is 11.0. The van der Waals surface area contributed by atoms with Gasteiger partial charge in [-0.15, -0.1) is 23.2 Å². The van der Waals surface area contributed by atoms with E-state index in [1.54, 1.807) is 6.07 Å². The zero-order valence-corrected chi connectivity index (χ0v) is 12.5. The Hall–Kier alpha value is -0.490. The number of benzene rings is 1. The van der Waals surface area contributed by atoms with Crippen molar-refractivity contribution in [3.05, 3.63) is 35.4 Å². The number of fused-ring (bicyclic) bond motifs is 1. The van der Waals surface area contributed by atoms with Crippen molar-refractivity contribution < 1.29 is 13.2 Å². The number of halogens is 5. The Bertz CT molecular complexity index is 576. The molecular formula is C14H15Cl2F3N2. The topological polar surface area (TPSA) is 52.0 Å². The zero-order valence-electron chi connectivity index (χ0n) is 11.0. The Morgan fingerprint density at radius 1 is 1.14 bits per heavy atom. The highest BCUT2D eigenvalue weighted by atomic mass is 35.5. The van der Waals surface area contributed by atoms with Crippen LogP contribution < -0.4 is 11.5 Å². The molecule has 4 atom stereocenters. The van der Waals surface area contributed by atoms with Gasteiger partial charge >= 0.3 is 6.18 Å². The SMILES string of the molecule is N[C@H]1C[C@H]2C(Cl)(Cl)[C@@]2(c2cccc(C(F)(F)F)c2)C[C@@H]1N. The third-order valence-electron chi connectivity index (χ3n) is 4.86. The maximum absolute atomic E-state index is 12.9. The van der Waals surface area contributed by atoms with Crippen LogP contribution in [0.25, 0.3) is 0 Å². The molecule has 21 heavy (non-hydrogen) atoms. The van der Waals surface area contributed by atoms with E-state index in [-0.39, 0.29) is 18.0 Å². The molecule has 3 rings (SSSR count). The van der Waals surface area contributed by atoms with Gasteiger partial charge in [-0.25, -0.2) is 0 Å². The van der Waals surface area contributed by atoms with Crippen molar-refractivity contribution in [1.82, 2.24) is 0 Å². The molecule has 7 heteroatoms. The number of hydrogen-bond acceptors (Lipinski definition) is 2. The molecule has 0 heterocycles. The van der Waals surface area contributed by atoms with Crippen LogP contribution in [0.15, 0.2) is 24.3 Å². The lowest BCUT2D eigenvalue weighted by Gasteiger charge is -2.31. The van der Waals surface area contributed by atoms with Gasteiger partial charge in [-0.3, -0.25) is 0 Å². The average molecular weight is 339 g/mol. The molecule has 0 unspecified atom stereocenters. The van der Waals surface area contributed by atoms with Crippen LogP contribution in [0.3, 0.4) is 0 Å². The van der Waals surface area contributed by atoms with Crippen molar-refractivity contribution in [2.75, 3.05) is 0 Å². The van der Waals surface area contributed by atoms with E-state index in [0.717, 1.165) is 12.1 Å². The maximum atomic E-state index is 12.9. The number of alkyl halides is 5. The molecule has 0 amide bonds. The Morgan fingerprint density at radius 3 is 2.43 bits per heavy atom. The van der Waals surface area contributed by atoms with E-state index in [9.17, 15) is 13.2 Å². The highest BCUT2D eigenvalue weighted by Crippen LogP contribution is 2.74. The summed E-state index contributed by atoms with van der Waals surface area (Å²) in [4.78, 5) is 0. The van der Waals surface area contributed by atoms with E-state index in [1.165, 1.54) is 6.07 Å². The van der Waals surface area contributed by atoms with E-state index >= 15 is 0 Å². The predicted molar refractivity (Wildman–Crippen MR) is 76.2 cm³/mol. The predicted octanol–water partition coefficient (Wildman–Crippen LogP) is 3.20. The van der Waals surface area contributed by atoms with Gasteiger partial charge in [0.2, 0.25) is 0 Å². The molecule has 116 valence electrons. The van der Waals surface area contributed by atoms with Crippen molar-refractivity contribution in [1.29, 1.82) is 0 Å². The monoisotopic (exact) mass is 338 g/mol. The van der Waals surface area contributed by atoms with Gasteiger partial charge in [0.1, 0.15) is 4.33 Å². The first-order valence-electron chi connectivity index (χ1n) is 6.67. The fraction of sp³-hybridized carbons (Fsp3) is 0.571. The molecule has 2 saturated carbocycles. The quantitative estimate of drug-likeness (QED) is 0.772. The molecule has 1 aromatic rings. The van der Waals surface area contributed by atoms with Gasteiger partial charge < -0.3 is 11.5 Å². The third-order valence-corrected chi connectivity index (χ3v) is 6.07. The van der Waals surface area contributed by atoms with Gasteiger partial charge in [0.15, 0.2) is 0 Å². The smallest absolute Gasteiger partial charge is 0.326 e. The van der Waals surface area contributed by atoms with Crippen molar-refractivity contribution in [2.45, 2.75) is 40.8 Å². The molecule has 0 spiro atoms. The normalized spacial score (nSPS) is 38.0. The van der Waals surface area contributed by atoms with Crippen LogP contribution in [-0.4, -0.2) is 16.4 Å². The van der Waals surface area contributed by atoms with Crippen molar-refractivity contribution in [3.63, 3.8) is 0 Å². The molecule has 1 aromatic carbocycles. The van der Waals surface area contributed by atoms with Crippen LogP contribution in [0, 0.1) is 5.92 Å². The summed E-state index contributed by atoms with van der Waals surface area (Å²) < 4.78 is 37.6. The zero-order chi connectivity index (χ0) is 15.6. The molecule has 4 N–H and O–H groups in total. The second-order valence-corrected chi connectivity index (χ2v) is 7.38. The summed E-state index contributed by atoms with van der Waals surface area (Å²) in [6.45, 7) is 0. The van der Waals surface area contributed by atoms with Gasteiger partial charge in [-0.1, -0.05) is 18.2 Å². The lowest BCUT2D eigenvalue weighted by atomic mass is 9.78. The fourth-order valence-electron chi connectivity index (χ4n) is 3.61. The fourth-order valence-corrected chi connectivity index (χ4v) is 4.69. The van der Waals surface area contributed by atoms with E-state index in [1.807, 2.05) is 0 Å². The lowest BCUT2D eigenvalue weighted by molar-refractivity contribution is -0.137. The van der Waals surface area contributed by atoms with Crippen molar-refractivity contribution in [3.8, 4) is 0 Å². The Morgan fingerprint density at radius 2 is 1.81 bits per heavy atom. The van der Waals surface area contributed by atoms with Gasteiger partial charge in [-0.2, -0.15) is 13.2 Å². The van der Waals surface area contributed by atoms with Gasteiger partial charge in [-0.05, 0) is 24.5 Å². The third kappa shape index (κ3) is 2.09. The Labute approximate surface area is 130 Å². The van der Waals surface area contributed by atoms with Crippen molar-refractivity contribution in [2.24, 2.45) is 17.4 Å². The van der Waals surface area contributed by atoms with E-state index in [4.69, 9.17) is 34.7 Å². The summed E-state index contributed by atoms with van der Waals surface area (Å²) in [6, 6.07) is 4.63. The molecule has 0 bridgehead atoms. The van der Waals surface area contributed by atoms with E-state index < -0.39 is 21.5 Å². The summed E-state index contributed by atoms with van der Waals surface area (Å²) in [5, 5.41) is 0. The first-order valence-corrected chi connectivity index (χ1v) is 7.43. The Balaban J connectivity index is 2.04. The van der Waals surface area contributed by atoms with Crippen LogP contribution in [0.5, 0.6) is 0 Å². The van der Waals surface area contributed by atoms with Gasteiger partial charge in [0.25, 0.3) is 0 Å². The van der Waals surface area contributed by atoms with Crippen molar-refractivity contribution >= 4 is 23.2 Å². The van der Waals surface area contributed by atoms with Crippen LogP contribution in [-0.2, 0) is 11.6 Å². The second kappa shape index (κ2) is 4.51. The van der Waals surface area contributed by atoms with E-state index in [0.29, 0.717) is 18.4 Å². The molecule has 2 fully saturated rings. The molecule has 0 aliphatic heterocycles. The Kier molecular flexibility index (Phi) is 3.31. The summed E-state index contributed by atoms with van der Waals surface area (Å²) in [6.07, 6.45) is -3.48. The molecule has 2 aliphatic rings. The highest BCUT2D eigenvalue weighted by molar-refractivity contribution is 6.52. The second-order valence-electron chi connectivity index (χ2n) is 5.99. The van der Waals surface area contributed by atoms with Crippen LogP contribution >= 0.6 is 23.2 Å². The lowest BCUT2D eigenvalue weighted by Crippen LogP contribution is -2.47. The first-order chi connectivity index (χ1) is 9.60. The number of hydrogen-bond donors (Lipinski definition) is 2. The molecule has 2 aliphatic carbocycles. The highest BCUT2D eigenvalue weighted by Gasteiger charge is 2.78. The minimum Gasteiger partial charge on any atom is -0.326 e. The maximum Gasteiger partial charge on any atom is 0.416 e. The van der Waals surface area contributed by atoms with Crippen LogP contribution in [0.4, 0.5) is 13.2 Å². The summed E-state index contributed by atoms with van der Waals surface area (Å²) in [7, 11) is 0. The van der Waals surface area contributed by atoms with Gasteiger partial charge in [0, 0.05) is 23.4 Å². The molecule has 0 saturated heterocycles. The number of rotatable bonds is 1. The van der Waals surface area contributed by atoms with Crippen LogP contribution in [0.2, 0.25) is 0 Å². The molecule has 0 radical (unpaired) electrons. The van der Waals surface area contributed by atoms with Gasteiger partial charge in [0.05, 0.1) is 5.56 Å². The minimum atomic E-state index is -4.40. The van der Waals surface area contributed by atoms with Crippen LogP contribution in [0.1, 0.15) is 24.0 Å². The minimum absolute atomic E-state index is 0.161. The summed E-state index contributed by atoms with van der Waals surface area (Å²) in [5.74, 6) is -0.161. The standard InChI is InChI=1S/C14H15Cl2F3N2/c15-13(16)11-5-9(20)10(21)6-12(11,13)7-2-1-3-8(4-7)14(17,18)19/h1-4,9-11H,5-6,20-21H2/t9-,10-,11+,12+/m0/s1. The summed E-state index contributed by atoms with van der Waals surface area (Å²) >= 11 is 12.8. The number of nitrogens with two attached hydrogens (primary N) is 2. The largest absolute Gasteiger partial charge is 0.416 e.